The maximum atomic E-state index is 6.01. The Morgan fingerprint density at radius 1 is 1.00 bits per heavy atom. The average Bonchev–Trinajstić information content (AvgIpc) is 2.45. The van der Waals surface area contributed by atoms with Gasteiger partial charge >= 0.3 is 0 Å². The summed E-state index contributed by atoms with van der Waals surface area (Å²) >= 11 is 6.01. The van der Waals surface area contributed by atoms with Gasteiger partial charge in [-0.2, -0.15) is 0 Å². The van der Waals surface area contributed by atoms with Gasteiger partial charge in [-0.1, -0.05) is 18.5 Å². The fraction of sp³-hybridized carbons (Fsp3) is 0.286. The molecule has 0 unspecified atom stereocenters. The van der Waals surface area contributed by atoms with Crippen LogP contribution in [0.4, 0.5) is 0 Å². The molecule has 0 radical (unpaired) electrons. The number of methoxy groups -OCH3 is 2. The first-order chi connectivity index (χ1) is 9.16. The molecule has 0 aliphatic rings. The van der Waals surface area contributed by atoms with Crippen LogP contribution in [0, 0.1) is 0 Å². The Kier molecular flexibility index (Phi) is 4.22. The maximum Gasteiger partial charge on any atom is 0.161 e. The van der Waals surface area contributed by atoms with Gasteiger partial charge in [-0.05, 0) is 24.6 Å². The number of aromatic nitrogens is 2. The fourth-order valence-corrected chi connectivity index (χ4v) is 1.92. The Balaban J connectivity index is 2.54. The van der Waals surface area contributed by atoms with Crippen LogP contribution in [0.25, 0.3) is 11.4 Å². The van der Waals surface area contributed by atoms with Gasteiger partial charge in [0, 0.05) is 17.3 Å². The summed E-state index contributed by atoms with van der Waals surface area (Å²) < 4.78 is 10.5. The van der Waals surface area contributed by atoms with Crippen LogP contribution >= 0.6 is 11.6 Å². The number of nitrogens with zero attached hydrogens (tertiary/aromatic N) is 2. The lowest BCUT2D eigenvalue weighted by molar-refractivity contribution is 0.394. The van der Waals surface area contributed by atoms with Crippen molar-refractivity contribution in [3.8, 4) is 22.9 Å². The van der Waals surface area contributed by atoms with E-state index in [0.29, 0.717) is 22.5 Å². The molecule has 0 aliphatic carbocycles. The van der Waals surface area contributed by atoms with Gasteiger partial charge in [-0.3, -0.25) is 0 Å². The highest BCUT2D eigenvalue weighted by molar-refractivity contribution is 6.29. The molecule has 2 rings (SSSR count). The standard InChI is InChI=1S/C14H15ClN2O2/c1-4-10-7-13(15)17-14(16-10)9-5-11(18-2)8-12(6-9)19-3/h5-8H,4H2,1-3H3. The molecule has 0 amide bonds. The Labute approximate surface area is 117 Å². The number of hydrogen-bond acceptors (Lipinski definition) is 4. The molecule has 2 aromatic rings. The quantitative estimate of drug-likeness (QED) is 0.804. The largest absolute Gasteiger partial charge is 0.497 e. The first kappa shape index (κ1) is 13.6. The van der Waals surface area contributed by atoms with Crippen LogP contribution in [0.1, 0.15) is 12.6 Å². The molecule has 0 atom stereocenters. The number of ether oxygens (including phenoxy) is 2. The second-order valence-corrected chi connectivity index (χ2v) is 4.35. The van der Waals surface area contributed by atoms with Crippen LogP contribution in [0.3, 0.4) is 0 Å². The van der Waals surface area contributed by atoms with Crippen molar-refractivity contribution in [1.29, 1.82) is 0 Å². The molecule has 0 fully saturated rings. The summed E-state index contributed by atoms with van der Waals surface area (Å²) in [5.41, 5.74) is 1.71. The van der Waals surface area contributed by atoms with E-state index in [9.17, 15) is 0 Å². The molecule has 0 aliphatic heterocycles. The zero-order valence-corrected chi connectivity index (χ0v) is 11.9. The van der Waals surface area contributed by atoms with E-state index < -0.39 is 0 Å². The summed E-state index contributed by atoms with van der Waals surface area (Å²) in [7, 11) is 3.21. The minimum Gasteiger partial charge on any atom is -0.497 e. The number of hydrogen-bond donors (Lipinski definition) is 0. The van der Waals surface area contributed by atoms with E-state index >= 15 is 0 Å². The molecule has 1 heterocycles. The van der Waals surface area contributed by atoms with Gasteiger partial charge in [0.1, 0.15) is 16.7 Å². The zero-order valence-electron chi connectivity index (χ0n) is 11.1. The molecule has 4 nitrogen and oxygen atoms in total. The summed E-state index contributed by atoms with van der Waals surface area (Å²) in [6.45, 7) is 2.02. The van der Waals surface area contributed by atoms with Crippen molar-refractivity contribution in [2.45, 2.75) is 13.3 Å². The van der Waals surface area contributed by atoms with E-state index in [2.05, 4.69) is 9.97 Å². The minimum atomic E-state index is 0.434. The summed E-state index contributed by atoms with van der Waals surface area (Å²) in [6.07, 6.45) is 0.802. The lowest BCUT2D eigenvalue weighted by Gasteiger charge is -2.08. The highest BCUT2D eigenvalue weighted by Gasteiger charge is 2.09. The highest BCUT2D eigenvalue weighted by atomic mass is 35.5. The summed E-state index contributed by atoms with van der Waals surface area (Å²) in [4.78, 5) is 8.71. The van der Waals surface area contributed by atoms with Crippen molar-refractivity contribution in [3.63, 3.8) is 0 Å². The molecule has 5 heteroatoms. The van der Waals surface area contributed by atoms with E-state index in [1.807, 2.05) is 19.1 Å². The van der Waals surface area contributed by atoms with Crippen LogP contribution < -0.4 is 9.47 Å². The van der Waals surface area contributed by atoms with Crippen molar-refractivity contribution < 1.29 is 9.47 Å². The van der Waals surface area contributed by atoms with E-state index in [0.717, 1.165) is 17.7 Å². The number of aryl methyl sites for hydroxylation is 1. The van der Waals surface area contributed by atoms with Crippen molar-refractivity contribution in [2.24, 2.45) is 0 Å². The second kappa shape index (κ2) is 5.89. The molecule has 19 heavy (non-hydrogen) atoms. The lowest BCUT2D eigenvalue weighted by atomic mass is 10.2. The Morgan fingerprint density at radius 3 is 2.16 bits per heavy atom. The Bertz CT molecular complexity index is 565. The van der Waals surface area contributed by atoms with Crippen LogP contribution in [0.2, 0.25) is 5.15 Å². The third kappa shape index (κ3) is 3.15. The Morgan fingerprint density at radius 2 is 1.63 bits per heavy atom. The van der Waals surface area contributed by atoms with Crippen LogP contribution in [0.5, 0.6) is 11.5 Å². The second-order valence-electron chi connectivity index (χ2n) is 3.96. The normalized spacial score (nSPS) is 10.3. The first-order valence-corrected chi connectivity index (χ1v) is 6.31. The number of rotatable bonds is 4. The molecule has 0 bridgehead atoms. The highest BCUT2D eigenvalue weighted by Crippen LogP contribution is 2.28. The van der Waals surface area contributed by atoms with Crippen LogP contribution in [0.15, 0.2) is 24.3 Å². The van der Waals surface area contributed by atoms with Gasteiger partial charge < -0.3 is 9.47 Å². The molecule has 0 saturated carbocycles. The lowest BCUT2D eigenvalue weighted by Crippen LogP contribution is -1.96. The molecule has 1 aromatic carbocycles. The van der Waals surface area contributed by atoms with Gasteiger partial charge in [0.15, 0.2) is 5.82 Å². The van der Waals surface area contributed by atoms with Crippen LogP contribution in [-0.4, -0.2) is 24.2 Å². The topological polar surface area (TPSA) is 44.2 Å². The average molecular weight is 279 g/mol. The van der Waals surface area contributed by atoms with Crippen molar-refractivity contribution >= 4 is 11.6 Å². The van der Waals surface area contributed by atoms with E-state index in [1.165, 1.54) is 0 Å². The minimum absolute atomic E-state index is 0.434. The molecule has 0 spiro atoms. The zero-order chi connectivity index (χ0) is 13.8. The summed E-state index contributed by atoms with van der Waals surface area (Å²) in [5, 5.41) is 0.434. The summed E-state index contributed by atoms with van der Waals surface area (Å²) in [5.74, 6) is 1.95. The maximum absolute atomic E-state index is 6.01. The fourth-order valence-electron chi connectivity index (χ4n) is 1.71. The van der Waals surface area contributed by atoms with E-state index in [-0.39, 0.29) is 0 Å². The SMILES string of the molecule is CCc1cc(Cl)nc(-c2cc(OC)cc(OC)c2)n1. The molecule has 1 aromatic heterocycles. The van der Waals surface area contributed by atoms with Crippen molar-refractivity contribution in [3.05, 3.63) is 35.1 Å². The Hall–Kier alpha value is -1.81. The molecular formula is C14H15ClN2O2. The molecular weight excluding hydrogens is 264 g/mol. The third-order valence-corrected chi connectivity index (χ3v) is 2.91. The molecule has 0 N–H and O–H groups in total. The van der Waals surface area contributed by atoms with Crippen LogP contribution in [-0.2, 0) is 6.42 Å². The van der Waals surface area contributed by atoms with Gasteiger partial charge in [0.05, 0.1) is 14.2 Å². The predicted octanol–water partition coefficient (Wildman–Crippen LogP) is 3.38. The molecule has 100 valence electrons. The van der Waals surface area contributed by atoms with Crippen molar-refractivity contribution in [1.82, 2.24) is 9.97 Å². The van der Waals surface area contributed by atoms with E-state index in [4.69, 9.17) is 21.1 Å². The van der Waals surface area contributed by atoms with E-state index in [1.54, 1.807) is 26.4 Å². The van der Waals surface area contributed by atoms with Crippen molar-refractivity contribution in [2.75, 3.05) is 14.2 Å². The third-order valence-electron chi connectivity index (χ3n) is 2.72. The summed E-state index contributed by atoms with van der Waals surface area (Å²) in [6, 6.07) is 7.28. The first-order valence-electron chi connectivity index (χ1n) is 5.93. The number of benzene rings is 1. The molecule has 0 saturated heterocycles. The van der Waals surface area contributed by atoms with Gasteiger partial charge in [0.25, 0.3) is 0 Å². The van der Waals surface area contributed by atoms with Gasteiger partial charge in [0.2, 0.25) is 0 Å². The van der Waals surface area contributed by atoms with Gasteiger partial charge in [-0.15, -0.1) is 0 Å². The monoisotopic (exact) mass is 278 g/mol. The van der Waals surface area contributed by atoms with Gasteiger partial charge in [-0.25, -0.2) is 9.97 Å². The number of halogens is 1. The predicted molar refractivity (Wildman–Crippen MR) is 75.0 cm³/mol. The smallest absolute Gasteiger partial charge is 0.161 e.